The van der Waals surface area contributed by atoms with E-state index in [1.54, 1.807) is 0 Å². The normalized spacial score (nSPS) is 11.3. The molecule has 0 aliphatic heterocycles. The quantitative estimate of drug-likeness (QED) is 0.800. The van der Waals surface area contributed by atoms with Gasteiger partial charge in [0.2, 0.25) is 0 Å². The van der Waals surface area contributed by atoms with E-state index in [1.807, 2.05) is 44.3 Å². The molecule has 0 saturated carbocycles. The Labute approximate surface area is 130 Å². The van der Waals surface area contributed by atoms with Crippen LogP contribution >= 0.6 is 0 Å². The highest BCUT2D eigenvalue weighted by Gasteiger charge is 2.11. The van der Waals surface area contributed by atoms with E-state index in [1.165, 1.54) is 0 Å². The molecule has 3 aromatic rings. The number of hydrogen-bond acceptors (Lipinski definition) is 3. The van der Waals surface area contributed by atoms with Crippen LogP contribution < -0.4 is 10.5 Å². The lowest BCUT2D eigenvalue weighted by Crippen LogP contribution is -2.05. The Morgan fingerprint density at radius 3 is 2.55 bits per heavy atom. The highest BCUT2D eigenvalue weighted by atomic mass is 16.5. The Morgan fingerprint density at radius 1 is 1.18 bits per heavy atom. The maximum Gasteiger partial charge on any atom is 0.137 e. The maximum atomic E-state index is 5.70. The third kappa shape index (κ3) is 2.70. The summed E-state index contributed by atoms with van der Waals surface area (Å²) in [5.41, 5.74) is 10.9. The van der Waals surface area contributed by atoms with Crippen LogP contribution in [0.4, 0.5) is 0 Å². The van der Waals surface area contributed by atoms with Crippen molar-refractivity contribution in [1.29, 1.82) is 0 Å². The van der Waals surface area contributed by atoms with Gasteiger partial charge >= 0.3 is 0 Å². The predicted octanol–water partition coefficient (Wildman–Crippen LogP) is 3.56. The average molecular weight is 295 g/mol. The summed E-state index contributed by atoms with van der Waals surface area (Å²) in [7, 11) is 0. The third-order valence-electron chi connectivity index (χ3n) is 3.66. The monoisotopic (exact) mass is 295 g/mol. The van der Waals surface area contributed by atoms with Crippen LogP contribution in [0.5, 0.6) is 5.75 Å². The summed E-state index contributed by atoms with van der Waals surface area (Å²) in [5, 5.41) is 0. The second kappa shape index (κ2) is 5.81. The Hall–Kier alpha value is -2.33. The van der Waals surface area contributed by atoms with Crippen LogP contribution in [-0.4, -0.2) is 15.5 Å². The van der Waals surface area contributed by atoms with Crippen molar-refractivity contribution in [1.82, 2.24) is 9.38 Å². The van der Waals surface area contributed by atoms with Crippen LogP contribution in [0.25, 0.3) is 16.9 Å². The standard InChI is InChI=1S/C18H21N3O/c1-12(2)22-16-6-4-15(5-7-16)18-13(3)21-9-8-14(11-19)10-17(21)20-18/h4-10,12H,11,19H2,1-3H3. The van der Waals surface area contributed by atoms with Crippen LogP contribution in [0.3, 0.4) is 0 Å². The first-order valence-corrected chi connectivity index (χ1v) is 7.53. The van der Waals surface area contributed by atoms with E-state index in [0.29, 0.717) is 6.54 Å². The van der Waals surface area contributed by atoms with Gasteiger partial charge in [-0.1, -0.05) is 0 Å². The van der Waals surface area contributed by atoms with Crippen molar-refractivity contribution in [3.8, 4) is 17.0 Å². The van der Waals surface area contributed by atoms with Crippen molar-refractivity contribution in [3.05, 3.63) is 53.9 Å². The molecule has 2 heterocycles. The minimum atomic E-state index is 0.178. The van der Waals surface area contributed by atoms with E-state index >= 15 is 0 Å². The zero-order valence-corrected chi connectivity index (χ0v) is 13.2. The van der Waals surface area contributed by atoms with Gasteiger partial charge in [-0.15, -0.1) is 0 Å². The lowest BCUT2D eigenvalue weighted by Gasteiger charge is -2.09. The molecule has 0 aliphatic carbocycles. The predicted molar refractivity (Wildman–Crippen MR) is 89.0 cm³/mol. The van der Waals surface area contributed by atoms with Gasteiger partial charge in [-0.05, 0) is 62.7 Å². The fraction of sp³-hybridized carbons (Fsp3) is 0.278. The minimum Gasteiger partial charge on any atom is -0.491 e. The van der Waals surface area contributed by atoms with Crippen molar-refractivity contribution in [2.24, 2.45) is 5.73 Å². The molecule has 2 aromatic heterocycles. The number of hydrogen-bond donors (Lipinski definition) is 1. The summed E-state index contributed by atoms with van der Waals surface area (Å²) in [6.07, 6.45) is 2.21. The number of rotatable bonds is 4. The van der Waals surface area contributed by atoms with Crippen molar-refractivity contribution >= 4 is 5.65 Å². The average Bonchev–Trinajstić information content (AvgIpc) is 2.84. The molecular formula is C18H21N3O. The summed E-state index contributed by atoms with van der Waals surface area (Å²) < 4.78 is 7.78. The summed E-state index contributed by atoms with van der Waals surface area (Å²) >= 11 is 0. The molecule has 114 valence electrons. The Morgan fingerprint density at radius 2 is 1.91 bits per heavy atom. The highest BCUT2D eigenvalue weighted by molar-refractivity contribution is 5.67. The number of nitrogens with two attached hydrogens (primary N) is 1. The van der Waals surface area contributed by atoms with Crippen LogP contribution in [0, 0.1) is 6.92 Å². The molecule has 22 heavy (non-hydrogen) atoms. The minimum absolute atomic E-state index is 0.178. The molecule has 0 saturated heterocycles. The van der Waals surface area contributed by atoms with Gasteiger partial charge in [0.15, 0.2) is 0 Å². The summed E-state index contributed by atoms with van der Waals surface area (Å²) in [4.78, 5) is 4.75. The number of pyridine rings is 1. The first kappa shape index (κ1) is 14.6. The molecule has 0 amide bonds. The molecule has 4 nitrogen and oxygen atoms in total. The number of imidazole rings is 1. The van der Waals surface area contributed by atoms with Gasteiger partial charge in [-0.3, -0.25) is 0 Å². The Bertz CT molecular complexity index is 788. The van der Waals surface area contributed by atoms with Gasteiger partial charge < -0.3 is 14.9 Å². The lowest BCUT2D eigenvalue weighted by atomic mass is 10.1. The van der Waals surface area contributed by atoms with Crippen molar-refractivity contribution < 1.29 is 4.74 Å². The summed E-state index contributed by atoms with van der Waals surface area (Å²) in [6, 6.07) is 12.2. The number of fused-ring (bicyclic) bond motifs is 1. The van der Waals surface area contributed by atoms with Crippen molar-refractivity contribution in [2.75, 3.05) is 0 Å². The van der Waals surface area contributed by atoms with Crippen molar-refractivity contribution in [3.63, 3.8) is 0 Å². The Balaban J connectivity index is 2.00. The SMILES string of the molecule is Cc1c(-c2ccc(OC(C)C)cc2)nc2cc(CN)ccn12. The fourth-order valence-corrected chi connectivity index (χ4v) is 2.57. The number of aryl methyl sites for hydroxylation is 1. The topological polar surface area (TPSA) is 52.5 Å². The molecule has 3 rings (SSSR count). The number of benzene rings is 1. The maximum absolute atomic E-state index is 5.70. The molecule has 0 spiro atoms. The molecule has 0 unspecified atom stereocenters. The van der Waals surface area contributed by atoms with Gasteiger partial charge in [-0.2, -0.15) is 0 Å². The zero-order chi connectivity index (χ0) is 15.7. The number of aromatic nitrogens is 2. The van der Waals surface area contributed by atoms with Gasteiger partial charge in [0.25, 0.3) is 0 Å². The first-order valence-electron chi connectivity index (χ1n) is 7.53. The molecule has 1 aromatic carbocycles. The van der Waals surface area contributed by atoms with Gasteiger partial charge in [-0.25, -0.2) is 4.98 Å². The van der Waals surface area contributed by atoms with Crippen LogP contribution in [-0.2, 0) is 6.54 Å². The number of ether oxygens (including phenoxy) is 1. The molecule has 4 heteroatoms. The van der Waals surface area contributed by atoms with Crippen LogP contribution in [0.1, 0.15) is 25.1 Å². The third-order valence-corrected chi connectivity index (χ3v) is 3.66. The summed E-state index contributed by atoms with van der Waals surface area (Å²) in [6.45, 7) is 6.65. The highest BCUT2D eigenvalue weighted by Crippen LogP contribution is 2.26. The fourth-order valence-electron chi connectivity index (χ4n) is 2.57. The van der Waals surface area contributed by atoms with Crippen molar-refractivity contribution in [2.45, 2.75) is 33.4 Å². The molecule has 0 fully saturated rings. The van der Waals surface area contributed by atoms with Crippen LogP contribution in [0.2, 0.25) is 0 Å². The van der Waals surface area contributed by atoms with E-state index < -0.39 is 0 Å². The second-order valence-corrected chi connectivity index (χ2v) is 5.70. The summed E-state index contributed by atoms with van der Waals surface area (Å²) in [5.74, 6) is 0.880. The van der Waals surface area contributed by atoms with Gasteiger partial charge in [0, 0.05) is 24.0 Å². The number of nitrogens with zero attached hydrogens (tertiary/aromatic N) is 2. The molecule has 0 bridgehead atoms. The van der Waals surface area contributed by atoms with E-state index in [0.717, 1.165) is 33.9 Å². The van der Waals surface area contributed by atoms with Gasteiger partial charge in [0.1, 0.15) is 11.4 Å². The smallest absolute Gasteiger partial charge is 0.137 e. The largest absolute Gasteiger partial charge is 0.491 e. The van der Waals surface area contributed by atoms with E-state index in [-0.39, 0.29) is 6.10 Å². The molecule has 0 atom stereocenters. The first-order chi connectivity index (χ1) is 10.6. The van der Waals surface area contributed by atoms with E-state index in [4.69, 9.17) is 15.5 Å². The van der Waals surface area contributed by atoms with Gasteiger partial charge in [0.05, 0.1) is 11.8 Å². The zero-order valence-electron chi connectivity index (χ0n) is 13.2. The second-order valence-electron chi connectivity index (χ2n) is 5.70. The van der Waals surface area contributed by atoms with E-state index in [9.17, 15) is 0 Å². The molecule has 2 N–H and O–H groups in total. The van der Waals surface area contributed by atoms with E-state index in [2.05, 4.69) is 23.5 Å². The van der Waals surface area contributed by atoms with Crippen LogP contribution in [0.15, 0.2) is 42.6 Å². The molecular weight excluding hydrogens is 274 g/mol. The Kier molecular flexibility index (Phi) is 3.86. The molecule has 0 radical (unpaired) electrons. The molecule has 0 aliphatic rings. The lowest BCUT2D eigenvalue weighted by molar-refractivity contribution is 0.242.